The first-order valence-electron chi connectivity index (χ1n) is 30.5. The number of hydrogen-bond donors (Lipinski definition) is 9. The van der Waals surface area contributed by atoms with E-state index in [4.69, 9.17) is 68.5 Å². The van der Waals surface area contributed by atoms with Crippen molar-refractivity contribution in [3.05, 3.63) is 69.2 Å². The minimum absolute atomic E-state index is 0. The number of nitrogens with zero attached hydrogens (tertiary/aromatic N) is 6. The molecule has 30 heteroatoms. The standard InChI is InChI=1S/C62H90N13O14P.Co.H2O/c1-29-20-39-40(21-30(29)2)75(28-70-39)57-52(84)53(41(27-76)87-57)89-90(85,86)88-31(3)26-69-49(83)18-19-59(8)37(22-46(66)80)56-62(11)61(10,25-48(68)82)36(14-17-45(65)79)51(74-62)33(5)55-60(9,24-47(67)81)34(12-15-43(63)77)38(71-55)23-42-58(6,7)35(13-16-44(64)78)50(72-42)32(4)54(59)73-56;;/h20-21,23,28,31,34-37,41,52-53,56-57,76,84H,12-19,22,24-27H2,1-11H3,(H15,63,64,65,66,67,68,69,71,72,73,74,77,78,79,80,81,82,83,85,86);;1H2/q;+2;/p-2/t31-,34-,35-,36-,37+,41-,52-,53-,56-,57+,59-,60+,61+,62+;;/m0../s1. The second-order valence-corrected chi connectivity index (χ2v) is 28.3. The number of carbonyl (C=O) groups is 7. The molecular weight excluding hydrogens is 1260 g/mol. The molecule has 92 heavy (non-hydrogen) atoms. The largest absolute Gasteiger partial charge is 2.00 e. The Hall–Kier alpha value is -6.53. The summed E-state index contributed by atoms with van der Waals surface area (Å²) >= 11 is 0. The summed E-state index contributed by atoms with van der Waals surface area (Å²) in [5.41, 5.74) is 36.7. The maximum atomic E-state index is 14.4. The van der Waals surface area contributed by atoms with Crippen molar-refractivity contribution in [3.8, 4) is 0 Å². The number of amides is 7. The molecule has 8 bridgehead atoms. The summed E-state index contributed by atoms with van der Waals surface area (Å²) in [5, 5.41) is 30.1. The Morgan fingerprint density at radius 2 is 1.38 bits per heavy atom. The molecule has 0 aliphatic carbocycles. The number of carbonyl (C=O) groups excluding carboxylic acids is 7. The molecule has 1 aromatic heterocycles. The quantitative estimate of drug-likeness (QED) is 0.0611. The van der Waals surface area contributed by atoms with Crippen LogP contribution in [0.15, 0.2) is 67.8 Å². The maximum Gasteiger partial charge on any atom is 2.00 e. The average molecular weight is 1350 g/mol. The van der Waals surface area contributed by atoms with Gasteiger partial charge >= 0.3 is 16.8 Å². The van der Waals surface area contributed by atoms with Crippen molar-refractivity contribution >= 4 is 77.3 Å². The van der Waals surface area contributed by atoms with Gasteiger partial charge in [-0.3, -0.25) is 53.1 Å². The summed E-state index contributed by atoms with van der Waals surface area (Å²) in [6.07, 6.45) is -4.79. The van der Waals surface area contributed by atoms with E-state index in [1.54, 1.807) is 6.92 Å². The van der Waals surface area contributed by atoms with Gasteiger partial charge in [0.25, 0.3) is 7.82 Å². The topological polar surface area (TPSA) is 496 Å². The van der Waals surface area contributed by atoms with Gasteiger partial charge in [0, 0.05) is 114 Å². The molecule has 17 N–H and O–H groups in total. The first-order valence-corrected chi connectivity index (χ1v) is 32.0. The fourth-order valence-electron chi connectivity index (χ4n) is 15.3. The van der Waals surface area contributed by atoms with Crippen LogP contribution >= 0.6 is 7.82 Å². The van der Waals surface area contributed by atoms with Crippen molar-refractivity contribution in [2.75, 3.05) is 13.2 Å². The summed E-state index contributed by atoms with van der Waals surface area (Å²) in [5.74, 6) is -7.40. The van der Waals surface area contributed by atoms with Crippen LogP contribution in [-0.4, -0.2) is 133 Å². The van der Waals surface area contributed by atoms with Crippen LogP contribution in [0.5, 0.6) is 0 Å². The summed E-state index contributed by atoms with van der Waals surface area (Å²) < 4.78 is 31.9. The van der Waals surface area contributed by atoms with Gasteiger partial charge in [-0.15, -0.1) is 0 Å². The first-order chi connectivity index (χ1) is 41.8. The Morgan fingerprint density at radius 3 is 1.96 bits per heavy atom. The van der Waals surface area contributed by atoms with Gasteiger partial charge in [-0.2, -0.15) is 5.70 Å². The number of imidazole rings is 1. The van der Waals surface area contributed by atoms with Gasteiger partial charge in [-0.25, -0.2) is 4.98 Å². The molecule has 2 aromatic rings. The molecule has 1 radical (unpaired) electrons. The van der Waals surface area contributed by atoms with Crippen LogP contribution in [0.1, 0.15) is 150 Å². The number of fused-ring (bicyclic) bond motifs is 7. The molecule has 6 aliphatic heterocycles. The van der Waals surface area contributed by atoms with Gasteiger partial charge in [0.15, 0.2) is 6.23 Å². The Kier molecular flexibility index (Phi) is 22.5. The fourth-order valence-corrected chi connectivity index (χ4v) is 16.4. The normalized spacial score (nSPS) is 33.5. The van der Waals surface area contributed by atoms with Gasteiger partial charge < -0.3 is 84.0 Å². The van der Waals surface area contributed by atoms with E-state index < -0.39 is 143 Å². The Morgan fingerprint density at radius 1 is 0.793 bits per heavy atom. The van der Waals surface area contributed by atoms with Gasteiger partial charge in [0.05, 0.1) is 30.1 Å². The number of primary amides is 6. The Labute approximate surface area is 545 Å². The predicted octanol–water partition coefficient (Wildman–Crippen LogP) is 2.49. The predicted molar refractivity (Wildman–Crippen MR) is 335 cm³/mol. The number of rotatable bonds is 26. The van der Waals surface area contributed by atoms with Crippen molar-refractivity contribution in [1.29, 1.82) is 0 Å². The van der Waals surface area contributed by atoms with E-state index in [0.717, 1.165) is 11.1 Å². The molecule has 0 saturated carbocycles. The van der Waals surface area contributed by atoms with Crippen LogP contribution in [-0.2, 0) is 68.7 Å². The van der Waals surface area contributed by atoms with Crippen LogP contribution in [0, 0.1) is 59.2 Å². The number of aliphatic hydroxyl groups is 2. The zero-order chi connectivity index (χ0) is 66.7. The summed E-state index contributed by atoms with van der Waals surface area (Å²) in [6.45, 7) is 19.0. The van der Waals surface area contributed by atoms with Gasteiger partial charge in [-0.1, -0.05) is 47.1 Å². The molecule has 8 rings (SSSR count). The number of aliphatic hydroxyl groups excluding tert-OH is 2. The number of phosphoric ester groups is 1. The molecule has 1 aromatic carbocycles. The smallest absolute Gasteiger partial charge is 0.756 e. The number of phosphoric acid groups is 1. The number of nitrogens with one attached hydrogen (secondary N) is 1. The second kappa shape index (κ2) is 27.8. The number of benzene rings is 1. The van der Waals surface area contributed by atoms with Gasteiger partial charge in [-0.05, 0) is 118 Å². The third-order valence-electron chi connectivity index (χ3n) is 20.5. The zero-order valence-corrected chi connectivity index (χ0v) is 55.9. The van der Waals surface area contributed by atoms with Crippen LogP contribution in [0.3, 0.4) is 0 Å². The van der Waals surface area contributed by atoms with E-state index >= 15 is 0 Å². The number of allylic oxidation sites excluding steroid dienone is 6. The number of nitrogens with two attached hydrogens (primary N) is 6. The minimum Gasteiger partial charge on any atom is -0.756 e. The number of aliphatic imine (C=N–C) groups is 3. The molecule has 7 amide bonds. The minimum atomic E-state index is -5.32. The maximum absolute atomic E-state index is 14.4. The third kappa shape index (κ3) is 14.1. The van der Waals surface area contributed by atoms with Crippen molar-refractivity contribution in [1.82, 2.24) is 14.9 Å². The van der Waals surface area contributed by atoms with Gasteiger partial charge in [0.2, 0.25) is 41.4 Å². The number of hydrogen-bond acceptors (Lipinski definition) is 18. The van der Waals surface area contributed by atoms with Crippen LogP contribution in [0.4, 0.5) is 0 Å². The van der Waals surface area contributed by atoms with E-state index in [-0.39, 0.29) is 99.4 Å². The average Bonchev–Trinajstić information content (AvgIpc) is 1.53. The fraction of sp³-hybridized carbons (Fsp3) is 0.629. The molecular formula is C62H90CoN13O15P. The molecule has 6 aliphatic rings. The van der Waals surface area contributed by atoms with Gasteiger partial charge in [0.1, 0.15) is 18.3 Å². The van der Waals surface area contributed by atoms with Crippen LogP contribution < -0.4 is 44.6 Å². The molecule has 1 unspecified atom stereocenters. The molecule has 7 heterocycles. The van der Waals surface area contributed by atoms with E-state index in [1.165, 1.54) is 17.8 Å². The molecule has 0 spiro atoms. The zero-order valence-electron chi connectivity index (χ0n) is 54.0. The number of ether oxygens (including phenoxy) is 1. The molecule has 28 nitrogen and oxygen atoms in total. The molecule has 2 fully saturated rings. The van der Waals surface area contributed by atoms with E-state index in [0.29, 0.717) is 56.4 Å². The Bertz CT molecular complexity index is 3550. The molecule has 507 valence electrons. The number of aromatic nitrogens is 2. The van der Waals surface area contributed by atoms with Crippen molar-refractivity contribution < 1.29 is 89.3 Å². The Balaban J connectivity index is 0.00000672. The summed E-state index contributed by atoms with van der Waals surface area (Å²) in [4.78, 5) is 128. The second-order valence-electron chi connectivity index (χ2n) is 27.0. The third-order valence-corrected chi connectivity index (χ3v) is 21.6. The summed E-state index contributed by atoms with van der Waals surface area (Å²) in [7, 11) is -5.32. The van der Waals surface area contributed by atoms with Crippen LogP contribution in [0.25, 0.3) is 16.4 Å². The first kappa shape index (κ1) is 74.5. The van der Waals surface area contributed by atoms with Crippen molar-refractivity contribution in [3.63, 3.8) is 0 Å². The van der Waals surface area contributed by atoms with E-state index in [1.807, 2.05) is 80.5 Å². The van der Waals surface area contributed by atoms with Crippen LogP contribution in [0.2, 0.25) is 0 Å². The molecule has 15 atom stereocenters. The van der Waals surface area contributed by atoms with E-state index in [2.05, 4.69) is 10.3 Å². The SMILES string of the molecule is C/C1=C2N=C(/C=C3N=C(/C(C)=C4\[N-][C@](C)([C@H]5N=C1[C@@](C)(CCC(=O)NC[C@H](C)OP(=O)([O-])O[C@@H]1[C@H](O)[C@H](n6cnc7cc(C)c(C)cc76)O[C@H]1CO)[C@@H]5CC(N)=O)[C@](C)(CC(N)=O)[C@H]4CCC(N)=O)[C@](C)(CC(N)=O)[C@H]\3CCC(N)=O)C(C)(C)[C@H]/2CCC(N)=O.O.[Co+2]. The monoisotopic (exact) mass is 1350 g/mol. The molecule has 2 saturated heterocycles. The van der Waals surface area contributed by atoms with E-state index in [9.17, 15) is 53.2 Å². The summed E-state index contributed by atoms with van der Waals surface area (Å²) in [6, 6.07) is 2.65. The van der Waals surface area contributed by atoms with Crippen molar-refractivity contribution in [2.45, 2.75) is 189 Å². The van der Waals surface area contributed by atoms with Crippen molar-refractivity contribution in [2.24, 2.45) is 94.7 Å². The number of aryl methyl sites for hydroxylation is 2.